The van der Waals surface area contributed by atoms with E-state index in [1.807, 2.05) is 6.92 Å². The third-order valence-electron chi connectivity index (χ3n) is 5.60. The molecule has 1 aromatic carbocycles. The van der Waals surface area contributed by atoms with Gasteiger partial charge in [0, 0.05) is 26.1 Å². The first-order chi connectivity index (χ1) is 14.8. The molecule has 8 nitrogen and oxygen atoms in total. The average Bonchev–Trinajstić information content (AvgIpc) is 3.46. The number of carbonyl (C=O) groups is 3. The molecule has 0 aromatic heterocycles. The van der Waals surface area contributed by atoms with Crippen LogP contribution in [0.1, 0.15) is 31.7 Å². The molecule has 0 spiro atoms. The van der Waals surface area contributed by atoms with Crippen molar-refractivity contribution in [2.45, 2.75) is 50.7 Å². The van der Waals surface area contributed by atoms with Crippen LogP contribution in [0.15, 0.2) is 24.3 Å². The van der Waals surface area contributed by atoms with E-state index in [9.17, 15) is 24.0 Å². The molecular formula is C22H28FN5O3. The molecule has 1 saturated carbocycles. The molecule has 1 heterocycles. The van der Waals surface area contributed by atoms with Crippen LogP contribution in [0.25, 0.3) is 0 Å². The first-order valence-corrected chi connectivity index (χ1v) is 10.5. The van der Waals surface area contributed by atoms with Gasteiger partial charge in [-0.25, -0.2) is 9.18 Å². The molecule has 1 aliphatic heterocycles. The first kappa shape index (κ1) is 22.5. The summed E-state index contributed by atoms with van der Waals surface area (Å²) in [7, 11) is 1.50. The Hall–Kier alpha value is -3.15. The van der Waals surface area contributed by atoms with Crippen molar-refractivity contribution in [2.75, 3.05) is 20.1 Å². The van der Waals surface area contributed by atoms with Crippen molar-refractivity contribution >= 4 is 17.8 Å². The molecule has 0 radical (unpaired) electrons. The number of nitrogens with zero attached hydrogens (tertiary/aromatic N) is 3. The van der Waals surface area contributed by atoms with Gasteiger partial charge in [0.15, 0.2) is 0 Å². The van der Waals surface area contributed by atoms with Gasteiger partial charge < -0.3 is 20.4 Å². The average molecular weight is 429 g/mol. The predicted molar refractivity (Wildman–Crippen MR) is 111 cm³/mol. The number of rotatable bonds is 7. The summed E-state index contributed by atoms with van der Waals surface area (Å²) in [4.78, 5) is 40.8. The van der Waals surface area contributed by atoms with E-state index in [1.54, 1.807) is 12.1 Å². The summed E-state index contributed by atoms with van der Waals surface area (Å²) in [6.07, 6.45) is 2.60. The Balaban J connectivity index is 1.66. The van der Waals surface area contributed by atoms with Crippen LogP contribution in [-0.2, 0) is 16.0 Å². The number of hydrogen-bond donors (Lipinski definition) is 2. The van der Waals surface area contributed by atoms with Gasteiger partial charge in [-0.1, -0.05) is 19.1 Å². The molecule has 9 heteroatoms. The SMILES string of the molecule is CC1CC(C#N)N(C(=O)CN(C)C(=O)C(Cc2ccc(F)cc2)NC(=O)NC2CC2)C1. The fourth-order valence-electron chi connectivity index (χ4n) is 3.75. The highest BCUT2D eigenvalue weighted by molar-refractivity contribution is 5.90. The molecule has 1 aromatic rings. The van der Waals surface area contributed by atoms with Gasteiger partial charge in [-0.2, -0.15) is 5.26 Å². The Morgan fingerprint density at radius 1 is 1.29 bits per heavy atom. The van der Waals surface area contributed by atoms with E-state index in [-0.39, 0.29) is 36.6 Å². The fraction of sp³-hybridized carbons (Fsp3) is 0.545. The van der Waals surface area contributed by atoms with Crippen LogP contribution in [0.5, 0.6) is 0 Å². The zero-order chi connectivity index (χ0) is 22.5. The Morgan fingerprint density at radius 2 is 1.97 bits per heavy atom. The van der Waals surface area contributed by atoms with E-state index in [0.717, 1.165) is 12.8 Å². The summed E-state index contributed by atoms with van der Waals surface area (Å²) in [5, 5.41) is 14.8. The number of nitrogens with one attached hydrogen (secondary N) is 2. The van der Waals surface area contributed by atoms with Gasteiger partial charge in [-0.05, 0) is 42.9 Å². The largest absolute Gasteiger partial charge is 0.335 e. The number of benzene rings is 1. The van der Waals surface area contributed by atoms with E-state index in [0.29, 0.717) is 18.5 Å². The molecule has 2 aliphatic rings. The Bertz CT molecular complexity index is 865. The summed E-state index contributed by atoms with van der Waals surface area (Å²) >= 11 is 0. The number of hydrogen-bond acceptors (Lipinski definition) is 4. The van der Waals surface area contributed by atoms with E-state index < -0.39 is 24.0 Å². The van der Waals surface area contributed by atoms with Gasteiger partial charge in [-0.15, -0.1) is 0 Å². The van der Waals surface area contributed by atoms with Crippen LogP contribution in [0.4, 0.5) is 9.18 Å². The predicted octanol–water partition coefficient (Wildman–Crippen LogP) is 1.42. The number of likely N-dealkylation sites (N-methyl/N-ethyl adjacent to an activating group) is 1. The highest BCUT2D eigenvalue weighted by Crippen LogP contribution is 2.22. The summed E-state index contributed by atoms with van der Waals surface area (Å²) in [6, 6.07) is 6.14. The number of urea groups is 1. The van der Waals surface area contributed by atoms with Crippen LogP contribution in [-0.4, -0.2) is 65.9 Å². The minimum Gasteiger partial charge on any atom is -0.335 e. The minimum absolute atomic E-state index is 0.126. The maximum absolute atomic E-state index is 13.2. The van der Waals surface area contributed by atoms with Gasteiger partial charge in [-0.3, -0.25) is 9.59 Å². The third-order valence-corrected chi connectivity index (χ3v) is 5.60. The van der Waals surface area contributed by atoms with Crippen molar-refractivity contribution in [2.24, 2.45) is 5.92 Å². The van der Waals surface area contributed by atoms with Crippen LogP contribution >= 0.6 is 0 Å². The Labute approximate surface area is 181 Å². The zero-order valence-electron chi connectivity index (χ0n) is 17.8. The molecule has 31 heavy (non-hydrogen) atoms. The molecule has 3 rings (SSSR count). The quantitative estimate of drug-likeness (QED) is 0.684. The molecule has 4 amide bonds. The van der Waals surface area contributed by atoms with E-state index in [2.05, 4.69) is 16.7 Å². The lowest BCUT2D eigenvalue weighted by Crippen LogP contribution is -2.53. The Kier molecular flexibility index (Phi) is 7.10. The maximum atomic E-state index is 13.2. The maximum Gasteiger partial charge on any atom is 0.315 e. The van der Waals surface area contributed by atoms with Crippen LogP contribution < -0.4 is 10.6 Å². The van der Waals surface area contributed by atoms with Gasteiger partial charge in [0.05, 0.1) is 12.6 Å². The summed E-state index contributed by atoms with van der Waals surface area (Å²) in [6.45, 7) is 2.28. The molecule has 1 aliphatic carbocycles. The van der Waals surface area contributed by atoms with Gasteiger partial charge in [0.25, 0.3) is 0 Å². The second-order valence-corrected chi connectivity index (χ2v) is 8.50. The summed E-state index contributed by atoms with van der Waals surface area (Å²) in [5.41, 5.74) is 0.684. The van der Waals surface area contributed by atoms with E-state index in [4.69, 9.17) is 0 Å². The van der Waals surface area contributed by atoms with Gasteiger partial charge in [0.2, 0.25) is 11.8 Å². The van der Waals surface area contributed by atoms with Crippen LogP contribution in [0.3, 0.4) is 0 Å². The summed E-state index contributed by atoms with van der Waals surface area (Å²) < 4.78 is 13.2. The van der Waals surface area contributed by atoms with E-state index >= 15 is 0 Å². The second kappa shape index (κ2) is 9.77. The van der Waals surface area contributed by atoms with Crippen molar-refractivity contribution in [3.63, 3.8) is 0 Å². The number of halogens is 1. The van der Waals surface area contributed by atoms with Crippen LogP contribution in [0, 0.1) is 23.1 Å². The molecule has 166 valence electrons. The van der Waals surface area contributed by atoms with Gasteiger partial charge >= 0.3 is 6.03 Å². The zero-order valence-corrected chi connectivity index (χ0v) is 17.8. The topological polar surface area (TPSA) is 106 Å². The molecule has 3 unspecified atom stereocenters. The second-order valence-electron chi connectivity index (χ2n) is 8.50. The van der Waals surface area contributed by atoms with Crippen LogP contribution in [0.2, 0.25) is 0 Å². The monoisotopic (exact) mass is 429 g/mol. The molecule has 2 N–H and O–H groups in total. The van der Waals surface area contributed by atoms with Crippen molar-refractivity contribution in [1.29, 1.82) is 5.26 Å². The molecule has 1 saturated heterocycles. The van der Waals surface area contributed by atoms with Gasteiger partial charge in [0.1, 0.15) is 17.9 Å². The number of likely N-dealkylation sites (tertiary alicyclic amines) is 1. The highest BCUT2D eigenvalue weighted by Gasteiger charge is 2.35. The van der Waals surface area contributed by atoms with E-state index in [1.165, 1.54) is 29.0 Å². The number of nitriles is 1. The molecule has 0 bridgehead atoms. The molecule has 2 fully saturated rings. The normalized spacial score (nSPS) is 21.2. The smallest absolute Gasteiger partial charge is 0.315 e. The number of amides is 4. The van der Waals surface area contributed by atoms with Crippen molar-refractivity contribution in [3.05, 3.63) is 35.6 Å². The Morgan fingerprint density at radius 3 is 2.58 bits per heavy atom. The lowest BCUT2D eigenvalue weighted by atomic mass is 10.0. The lowest BCUT2D eigenvalue weighted by Gasteiger charge is -2.27. The van der Waals surface area contributed by atoms with Crippen molar-refractivity contribution in [1.82, 2.24) is 20.4 Å². The number of carbonyl (C=O) groups excluding carboxylic acids is 3. The molecule has 3 atom stereocenters. The summed E-state index contributed by atoms with van der Waals surface area (Å²) in [5.74, 6) is -0.881. The standard InChI is InChI=1S/C22H28FN5O3/c1-14-9-18(11-24)28(12-14)20(29)13-27(2)21(30)19(26-22(31)25-17-7-8-17)10-15-3-5-16(23)6-4-15/h3-6,14,17-19H,7-10,12-13H2,1-2H3,(H2,25,26,31). The fourth-order valence-corrected chi connectivity index (χ4v) is 3.75. The highest BCUT2D eigenvalue weighted by atomic mass is 19.1. The third kappa shape index (κ3) is 6.17. The molecular weight excluding hydrogens is 401 g/mol. The van der Waals surface area contributed by atoms with Crippen molar-refractivity contribution in [3.8, 4) is 6.07 Å². The van der Waals surface area contributed by atoms with Crippen molar-refractivity contribution < 1.29 is 18.8 Å². The first-order valence-electron chi connectivity index (χ1n) is 10.5. The lowest BCUT2D eigenvalue weighted by molar-refractivity contribution is -0.140. The minimum atomic E-state index is -0.911.